The van der Waals surface area contributed by atoms with Crippen LogP contribution in [0.1, 0.15) is 48.1 Å². The van der Waals surface area contributed by atoms with Gasteiger partial charge in [0.25, 0.3) is 5.91 Å². The number of nitrogens with one attached hydrogen (secondary N) is 2. The topological polar surface area (TPSA) is 108 Å². The van der Waals surface area contributed by atoms with E-state index in [1.54, 1.807) is 12.1 Å². The van der Waals surface area contributed by atoms with Gasteiger partial charge in [0.2, 0.25) is 5.91 Å². The van der Waals surface area contributed by atoms with Crippen LogP contribution in [0.3, 0.4) is 0 Å². The predicted octanol–water partition coefficient (Wildman–Crippen LogP) is 4.60. The third-order valence-corrected chi connectivity index (χ3v) is 6.73. The van der Waals surface area contributed by atoms with E-state index < -0.39 is 35.3 Å². The molecule has 1 unspecified atom stereocenters. The number of hydrogen-bond donors (Lipinski definition) is 3. The van der Waals surface area contributed by atoms with E-state index >= 15 is 0 Å². The van der Waals surface area contributed by atoms with Crippen LogP contribution in [0.15, 0.2) is 54.7 Å². The number of carboxylic acid groups (broad SMARTS) is 1. The number of carboxylic acids is 1. The minimum atomic E-state index is -1.07. The lowest BCUT2D eigenvalue weighted by atomic mass is 9.93. The second kappa shape index (κ2) is 11.4. The maximum Gasteiger partial charge on any atom is 0.306 e. The van der Waals surface area contributed by atoms with Crippen LogP contribution in [0.4, 0.5) is 4.39 Å². The van der Waals surface area contributed by atoms with E-state index in [1.807, 2.05) is 45.0 Å². The number of thiazole rings is 1. The van der Waals surface area contributed by atoms with Gasteiger partial charge in [0, 0.05) is 11.7 Å². The normalized spacial score (nSPS) is 13.0. The molecule has 3 N–H and O–H groups in total. The molecule has 36 heavy (non-hydrogen) atoms. The van der Waals surface area contributed by atoms with E-state index in [0.29, 0.717) is 16.9 Å². The second-order valence-corrected chi connectivity index (χ2v) is 10.6. The van der Waals surface area contributed by atoms with Gasteiger partial charge in [0.1, 0.15) is 11.9 Å². The van der Waals surface area contributed by atoms with Gasteiger partial charge in [-0.25, -0.2) is 9.37 Å². The molecule has 3 rings (SSSR count). The lowest BCUT2D eigenvalue weighted by molar-refractivity contribution is -0.141. The van der Waals surface area contributed by atoms with Crippen molar-refractivity contribution in [3.8, 4) is 10.4 Å². The first kappa shape index (κ1) is 27.0. The van der Waals surface area contributed by atoms with Gasteiger partial charge in [-0.3, -0.25) is 14.4 Å². The first-order chi connectivity index (χ1) is 16.9. The summed E-state index contributed by atoms with van der Waals surface area (Å²) < 4.78 is 13.2. The van der Waals surface area contributed by atoms with E-state index in [4.69, 9.17) is 0 Å². The fourth-order valence-electron chi connectivity index (χ4n) is 3.71. The summed E-state index contributed by atoms with van der Waals surface area (Å²) in [5.74, 6) is -3.33. The van der Waals surface area contributed by atoms with Gasteiger partial charge in [0.15, 0.2) is 5.01 Å². The van der Waals surface area contributed by atoms with Gasteiger partial charge in [-0.1, -0.05) is 48.9 Å². The Morgan fingerprint density at radius 2 is 1.72 bits per heavy atom. The molecule has 0 radical (unpaired) electrons. The third-order valence-electron chi connectivity index (χ3n) is 5.69. The second-order valence-electron chi connectivity index (χ2n) is 9.57. The minimum absolute atomic E-state index is 0.0796. The lowest BCUT2D eigenvalue weighted by Crippen LogP contribution is -2.54. The Morgan fingerprint density at radius 3 is 2.33 bits per heavy atom. The van der Waals surface area contributed by atoms with Crippen molar-refractivity contribution in [3.05, 3.63) is 76.7 Å². The molecule has 1 aromatic heterocycles. The summed E-state index contributed by atoms with van der Waals surface area (Å²) in [6.45, 7) is 7.24. The SMILES string of the molecule is Cc1ccc(CC(C)(C)NC(=O)[C@H](CC(C)C(=O)O)NC(=O)c2ncc(-c3ccc(F)cc3)s2)cc1. The van der Waals surface area contributed by atoms with Crippen molar-refractivity contribution < 1.29 is 23.9 Å². The molecule has 9 heteroatoms. The molecule has 0 saturated heterocycles. The summed E-state index contributed by atoms with van der Waals surface area (Å²) in [5.41, 5.74) is 2.25. The van der Waals surface area contributed by atoms with Crippen LogP contribution in [0.25, 0.3) is 10.4 Å². The Hall–Kier alpha value is -3.59. The van der Waals surface area contributed by atoms with E-state index in [9.17, 15) is 23.9 Å². The molecule has 0 aliphatic heterocycles. The number of carbonyl (C=O) groups is 3. The summed E-state index contributed by atoms with van der Waals surface area (Å²) in [7, 11) is 0. The zero-order valence-corrected chi connectivity index (χ0v) is 21.5. The molecular weight excluding hydrogens is 481 g/mol. The Balaban J connectivity index is 1.73. The van der Waals surface area contributed by atoms with Crippen molar-refractivity contribution in [2.24, 2.45) is 5.92 Å². The molecule has 3 aromatic rings. The summed E-state index contributed by atoms with van der Waals surface area (Å²) >= 11 is 1.10. The van der Waals surface area contributed by atoms with Crippen molar-refractivity contribution in [1.29, 1.82) is 0 Å². The average Bonchev–Trinajstić information content (AvgIpc) is 3.30. The molecule has 2 atom stereocenters. The first-order valence-electron chi connectivity index (χ1n) is 11.6. The smallest absolute Gasteiger partial charge is 0.306 e. The number of aromatic nitrogens is 1. The largest absolute Gasteiger partial charge is 0.481 e. The van der Waals surface area contributed by atoms with Gasteiger partial charge in [-0.15, -0.1) is 11.3 Å². The highest BCUT2D eigenvalue weighted by atomic mass is 32.1. The molecule has 190 valence electrons. The Kier molecular flexibility index (Phi) is 8.57. The summed E-state index contributed by atoms with van der Waals surface area (Å²) in [6, 6.07) is 12.7. The quantitative estimate of drug-likeness (QED) is 0.369. The number of aryl methyl sites for hydroxylation is 1. The number of carbonyl (C=O) groups excluding carboxylic acids is 2. The zero-order valence-electron chi connectivity index (χ0n) is 20.7. The zero-order chi connectivity index (χ0) is 26.5. The molecule has 0 saturated carbocycles. The van der Waals surface area contributed by atoms with Gasteiger partial charge in [-0.2, -0.15) is 0 Å². The Labute approximate surface area is 213 Å². The van der Waals surface area contributed by atoms with Crippen LogP contribution in [-0.2, 0) is 16.0 Å². The monoisotopic (exact) mass is 511 g/mol. The van der Waals surface area contributed by atoms with E-state index in [2.05, 4.69) is 15.6 Å². The lowest BCUT2D eigenvalue weighted by Gasteiger charge is -2.30. The van der Waals surface area contributed by atoms with Crippen molar-refractivity contribution in [2.45, 2.75) is 52.1 Å². The van der Waals surface area contributed by atoms with Gasteiger partial charge >= 0.3 is 5.97 Å². The maximum absolute atomic E-state index is 13.2. The number of halogens is 1. The fourth-order valence-corrected chi connectivity index (χ4v) is 4.54. The molecule has 7 nitrogen and oxygen atoms in total. The predicted molar refractivity (Wildman–Crippen MR) is 137 cm³/mol. The molecule has 0 aliphatic rings. The van der Waals surface area contributed by atoms with Crippen LogP contribution in [0.5, 0.6) is 0 Å². The molecule has 0 spiro atoms. The highest BCUT2D eigenvalue weighted by molar-refractivity contribution is 7.17. The number of nitrogens with zero attached hydrogens (tertiary/aromatic N) is 1. The summed E-state index contributed by atoms with van der Waals surface area (Å²) in [4.78, 5) is 42.4. The Morgan fingerprint density at radius 1 is 1.08 bits per heavy atom. The fraction of sp³-hybridized carbons (Fsp3) is 0.333. The van der Waals surface area contributed by atoms with Gasteiger partial charge in [-0.05, 0) is 56.9 Å². The number of aliphatic carboxylic acids is 1. The van der Waals surface area contributed by atoms with Crippen LogP contribution in [-0.4, -0.2) is 39.5 Å². The number of rotatable bonds is 10. The summed E-state index contributed by atoms with van der Waals surface area (Å²) in [5, 5.41) is 15.1. The average molecular weight is 512 g/mol. The highest BCUT2D eigenvalue weighted by Gasteiger charge is 2.31. The first-order valence-corrected chi connectivity index (χ1v) is 12.4. The van der Waals surface area contributed by atoms with Gasteiger partial charge < -0.3 is 15.7 Å². The standard InChI is InChI=1S/C27H30FN3O4S/c1-16-5-7-18(8-6-16)14-27(3,4)31-23(32)21(13-17(2)26(34)35)30-24(33)25-29-15-22(36-25)19-9-11-20(28)12-10-19/h5-12,15,17,21H,13-14H2,1-4H3,(H,30,33)(H,31,32)(H,34,35)/t17?,21-/m0/s1. The van der Waals surface area contributed by atoms with Crippen molar-refractivity contribution >= 4 is 29.1 Å². The van der Waals surface area contributed by atoms with Gasteiger partial charge in [0.05, 0.1) is 10.8 Å². The summed E-state index contributed by atoms with van der Waals surface area (Å²) in [6.07, 6.45) is 1.98. The highest BCUT2D eigenvalue weighted by Crippen LogP contribution is 2.26. The number of benzene rings is 2. The third kappa shape index (κ3) is 7.45. The maximum atomic E-state index is 13.2. The minimum Gasteiger partial charge on any atom is -0.481 e. The Bertz CT molecular complexity index is 1220. The van der Waals surface area contributed by atoms with Crippen LogP contribution in [0.2, 0.25) is 0 Å². The molecule has 2 amide bonds. The molecule has 0 fully saturated rings. The van der Waals surface area contributed by atoms with Crippen molar-refractivity contribution in [1.82, 2.24) is 15.6 Å². The van der Waals surface area contributed by atoms with Crippen LogP contribution in [0, 0.1) is 18.7 Å². The molecule has 1 heterocycles. The molecular formula is C27H30FN3O4S. The van der Waals surface area contributed by atoms with E-state index in [1.165, 1.54) is 25.3 Å². The van der Waals surface area contributed by atoms with E-state index in [0.717, 1.165) is 22.5 Å². The van der Waals surface area contributed by atoms with Crippen LogP contribution < -0.4 is 10.6 Å². The molecule has 2 aromatic carbocycles. The van der Waals surface area contributed by atoms with Crippen molar-refractivity contribution in [3.63, 3.8) is 0 Å². The van der Waals surface area contributed by atoms with Crippen molar-refractivity contribution in [2.75, 3.05) is 0 Å². The van der Waals surface area contributed by atoms with Crippen LogP contribution >= 0.6 is 11.3 Å². The van der Waals surface area contributed by atoms with E-state index in [-0.39, 0.29) is 17.2 Å². The number of amides is 2. The molecule has 0 bridgehead atoms. The molecule has 0 aliphatic carbocycles. The number of hydrogen-bond acceptors (Lipinski definition) is 5.